The minimum Gasteiger partial charge on any atom is -0.481 e. The molecule has 2 heterocycles. The number of amides is 1. The van der Waals surface area contributed by atoms with E-state index in [1.54, 1.807) is 11.3 Å². The van der Waals surface area contributed by atoms with Crippen molar-refractivity contribution in [1.82, 2.24) is 14.9 Å². The van der Waals surface area contributed by atoms with E-state index in [2.05, 4.69) is 34.3 Å². The quantitative estimate of drug-likeness (QED) is 0.361. The maximum Gasteiger partial charge on any atom is 0.303 e. The average molecular weight is 482 g/mol. The van der Waals surface area contributed by atoms with Crippen LogP contribution >= 0.6 is 11.3 Å². The first kappa shape index (κ1) is 24.5. The number of nitrogens with zero attached hydrogens (tertiary/aromatic N) is 2. The van der Waals surface area contributed by atoms with Gasteiger partial charge in [-0.05, 0) is 61.2 Å². The highest BCUT2D eigenvalue weighted by atomic mass is 32.1. The summed E-state index contributed by atoms with van der Waals surface area (Å²) in [6, 6.07) is 10.4. The zero-order chi connectivity index (χ0) is 24.1. The van der Waals surface area contributed by atoms with Crippen molar-refractivity contribution >= 4 is 34.2 Å². The first-order chi connectivity index (χ1) is 16.5. The van der Waals surface area contributed by atoms with Crippen LogP contribution in [0.3, 0.4) is 0 Å². The van der Waals surface area contributed by atoms with E-state index in [4.69, 9.17) is 10.1 Å². The van der Waals surface area contributed by atoms with Gasteiger partial charge in [-0.15, -0.1) is 11.3 Å². The SMILES string of the molecule is CCCC(CCC(=O)O)NC(=O)c1ccc2c(c1)nc(Cc1cccs1)n2[C@@H]1CCCC[C@H]1C. The molecule has 1 aromatic carbocycles. The van der Waals surface area contributed by atoms with Crippen LogP contribution in [-0.2, 0) is 11.2 Å². The molecule has 0 bridgehead atoms. The molecule has 1 aliphatic rings. The highest BCUT2D eigenvalue weighted by molar-refractivity contribution is 7.09. The van der Waals surface area contributed by atoms with Crippen LogP contribution in [0.1, 0.15) is 92.3 Å². The van der Waals surface area contributed by atoms with E-state index < -0.39 is 5.97 Å². The summed E-state index contributed by atoms with van der Waals surface area (Å²) in [6.07, 6.45) is 7.87. The third kappa shape index (κ3) is 5.69. The summed E-state index contributed by atoms with van der Waals surface area (Å²) in [5.74, 6) is 0.669. The largest absolute Gasteiger partial charge is 0.481 e. The number of carbonyl (C=O) groups is 2. The monoisotopic (exact) mass is 481 g/mol. The Kier molecular flexibility index (Phi) is 8.03. The van der Waals surface area contributed by atoms with Crippen molar-refractivity contribution in [3.05, 3.63) is 52.0 Å². The maximum absolute atomic E-state index is 13.0. The second-order valence-electron chi connectivity index (χ2n) is 9.58. The number of imidazole rings is 1. The number of hydrogen-bond donors (Lipinski definition) is 2. The zero-order valence-electron chi connectivity index (χ0n) is 20.1. The van der Waals surface area contributed by atoms with Crippen LogP contribution in [0.5, 0.6) is 0 Å². The third-order valence-electron chi connectivity index (χ3n) is 7.01. The normalized spacial score (nSPS) is 19.2. The van der Waals surface area contributed by atoms with E-state index >= 15 is 0 Å². The van der Waals surface area contributed by atoms with E-state index in [1.807, 2.05) is 25.1 Å². The first-order valence-corrected chi connectivity index (χ1v) is 13.4. The molecule has 3 aromatic rings. The van der Waals surface area contributed by atoms with Crippen molar-refractivity contribution in [2.24, 2.45) is 5.92 Å². The zero-order valence-corrected chi connectivity index (χ0v) is 20.9. The number of benzene rings is 1. The molecule has 2 aromatic heterocycles. The number of carboxylic acid groups (broad SMARTS) is 1. The van der Waals surface area contributed by atoms with Crippen LogP contribution in [0.25, 0.3) is 11.0 Å². The molecule has 3 atom stereocenters. The summed E-state index contributed by atoms with van der Waals surface area (Å²) >= 11 is 1.75. The second kappa shape index (κ2) is 11.2. The number of carboxylic acids is 1. The molecule has 0 radical (unpaired) electrons. The van der Waals surface area contributed by atoms with Crippen LogP contribution in [0, 0.1) is 5.92 Å². The van der Waals surface area contributed by atoms with Crippen molar-refractivity contribution < 1.29 is 14.7 Å². The fourth-order valence-electron chi connectivity index (χ4n) is 5.24. The Morgan fingerprint density at radius 3 is 2.76 bits per heavy atom. The van der Waals surface area contributed by atoms with Gasteiger partial charge in [0.15, 0.2) is 0 Å². The molecular weight excluding hydrogens is 446 g/mol. The minimum atomic E-state index is -0.836. The molecule has 2 N–H and O–H groups in total. The van der Waals surface area contributed by atoms with Gasteiger partial charge in [0.05, 0.1) is 11.0 Å². The fraction of sp³-hybridized carbons (Fsp3) is 0.519. The lowest BCUT2D eigenvalue weighted by atomic mass is 9.85. The van der Waals surface area contributed by atoms with Gasteiger partial charge in [0.25, 0.3) is 5.91 Å². The van der Waals surface area contributed by atoms with Crippen molar-refractivity contribution in [1.29, 1.82) is 0 Å². The Morgan fingerprint density at radius 2 is 2.06 bits per heavy atom. The highest BCUT2D eigenvalue weighted by Crippen LogP contribution is 2.37. The molecule has 6 nitrogen and oxygen atoms in total. The van der Waals surface area contributed by atoms with Crippen molar-refractivity contribution in [3.8, 4) is 0 Å². The van der Waals surface area contributed by atoms with Gasteiger partial charge >= 0.3 is 5.97 Å². The number of carbonyl (C=O) groups excluding carboxylic acids is 1. The molecular formula is C27H35N3O3S. The number of nitrogens with one attached hydrogen (secondary N) is 1. The van der Waals surface area contributed by atoms with Gasteiger partial charge in [-0.1, -0.05) is 39.2 Å². The molecule has 1 saturated carbocycles. The second-order valence-corrected chi connectivity index (χ2v) is 10.6. The van der Waals surface area contributed by atoms with Gasteiger partial charge < -0.3 is 15.0 Å². The summed E-state index contributed by atoms with van der Waals surface area (Å²) in [5.41, 5.74) is 2.53. The standard InChI is InChI=1S/C27H35N3O3S/c1-3-7-20(12-14-26(31)32)28-27(33)19-11-13-24-22(16-19)29-25(17-21-9-6-15-34-21)30(24)23-10-5-4-8-18(23)2/h6,9,11,13,15-16,18,20,23H,3-5,7-8,10,12,14,17H2,1-2H3,(H,28,33)(H,31,32)/t18-,20?,23-/m1/s1. The average Bonchev–Trinajstić information content (AvgIpc) is 3.45. The number of hydrogen-bond acceptors (Lipinski definition) is 4. The number of rotatable bonds is 10. The highest BCUT2D eigenvalue weighted by Gasteiger charge is 2.27. The number of aliphatic carboxylic acids is 1. The Hall–Kier alpha value is -2.67. The number of fused-ring (bicyclic) bond motifs is 1. The summed E-state index contributed by atoms with van der Waals surface area (Å²) in [7, 11) is 0. The first-order valence-electron chi connectivity index (χ1n) is 12.5. The lowest BCUT2D eigenvalue weighted by Gasteiger charge is -2.31. The van der Waals surface area contributed by atoms with Crippen LogP contribution in [-0.4, -0.2) is 32.6 Å². The molecule has 4 rings (SSSR count). The van der Waals surface area contributed by atoms with Gasteiger partial charge in [-0.25, -0.2) is 4.98 Å². The van der Waals surface area contributed by atoms with Crippen LogP contribution in [0.2, 0.25) is 0 Å². The van der Waals surface area contributed by atoms with Gasteiger partial charge in [-0.2, -0.15) is 0 Å². The number of aromatic nitrogens is 2. The summed E-state index contributed by atoms with van der Waals surface area (Å²) in [4.78, 5) is 30.3. The van der Waals surface area contributed by atoms with Gasteiger partial charge in [0, 0.05) is 35.4 Å². The maximum atomic E-state index is 13.0. The van der Waals surface area contributed by atoms with E-state index in [1.165, 1.54) is 24.1 Å². The Bertz CT molecular complexity index is 1120. The number of thiophene rings is 1. The van der Waals surface area contributed by atoms with Crippen LogP contribution < -0.4 is 5.32 Å². The Balaban J connectivity index is 1.63. The molecule has 1 fully saturated rings. The van der Waals surface area contributed by atoms with E-state index in [0.717, 1.165) is 42.5 Å². The molecule has 1 amide bonds. The van der Waals surface area contributed by atoms with Gasteiger partial charge in [0.1, 0.15) is 5.82 Å². The summed E-state index contributed by atoms with van der Waals surface area (Å²) < 4.78 is 2.44. The van der Waals surface area contributed by atoms with Crippen LogP contribution in [0.15, 0.2) is 35.7 Å². The molecule has 1 aliphatic carbocycles. The Labute approximate surface area is 205 Å². The van der Waals surface area contributed by atoms with Crippen LogP contribution in [0.4, 0.5) is 0 Å². The Morgan fingerprint density at radius 1 is 1.24 bits per heavy atom. The van der Waals surface area contributed by atoms with E-state index in [9.17, 15) is 9.59 Å². The lowest BCUT2D eigenvalue weighted by Crippen LogP contribution is -2.35. The predicted octanol–water partition coefficient (Wildman–Crippen LogP) is 6.20. The van der Waals surface area contributed by atoms with Crippen molar-refractivity contribution in [2.75, 3.05) is 0 Å². The molecule has 1 unspecified atom stereocenters. The molecule has 182 valence electrons. The van der Waals surface area contributed by atoms with Gasteiger partial charge in [0.2, 0.25) is 0 Å². The van der Waals surface area contributed by atoms with E-state index in [-0.39, 0.29) is 18.4 Å². The topological polar surface area (TPSA) is 84.2 Å². The summed E-state index contributed by atoms with van der Waals surface area (Å²) in [6.45, 7) is 4.39. The minimum absolute atomic E-state index is 0.0556. The fourth-order valence-corrected chi connectivity index (χ4v) is 5.94. The lowest BCUT2D eigenvalue weighted by molar-refractivity contribution is -0.137. The van der Waals surface area contributed by atoms with Crippen molar-refractivity contribution in [2.45, 2.75) is 83.7 Å². The molecule has 0 spiro atoms. The van der Waals surface area contributed by atoms with E-state index in [0.29, 0.717) is 23.9 Å². The molecule has 7 heteroatoms. The summed E-state index contributed by atoms with van der Waals surface area (Å²) in [5, 5.41) is 14.2. The van der Waals surface area contributed by atoms with Crippen molar-refractivity contribution in [3.63, 3.8) is 0 Å². The molecule has 0 saturated heterocycles. The van der Waals surface area contributed by atoms with Gasteiger partial charge in [-0.3, -0.25) is 9.59 Å². The molecule has 34 heavy (non-hydrogen) atoms. The predicted molar refractivity (Wildman–Crippen MR) is 137 cm³/mol. The third-order valence-corrected chi connectivity index (χ3v) is 7.89. The molecule has 0 aliphatic heterocycles. The smallest absolute Gasteiger partial charge is 0.303 e.